The molecular weight excluding hydrogens is 274 g/mol. The van der Waals surface area contributed by atoms with Crippen LogP contribution in [0.3, 0.4) is 0 Å². The van der Waals surface area contributed by atoms with Gasteiger partial charge in [0, 0.05) is 6.54 Å². The number of rotatable bonds is 2. The van der Waals surface area contributed by atoms with Crippen LogP contribution in [0.5, 0.6) is 0 Å². The summed E-state index contributed by atoms with van der Waals surface area (Å²) in [7, 11) is 0. The first-order valence-corrected chi connectivity index (χ1v) is 6.98. The second-order valence-corrected chi connectivity index (χ2v) is 5.20. The van der Waals surface area contributed by atoms with Crippen LogP contribution in [0.15, 0.2) is 42.5 Å². The van der Waals surface area contributed by atoms with Gasteiger partial charge < -0.3 is 4.90 Å². The van der Waals surface area contributed by atoms with Gasteiger partial charge in [0.2, 0.25) is 0 Å². The summed E-state index contributed by atoms with van der Waals surface area (Å²) in [5.41, 5.74) is 1.51. The molecule has 1 unspecified atom stereocenters. The standard InChI is InChI=1S/C15H14ClN3O/c16-14-9-8-12(17-18-14)15(20)19-10-4-7-13(19)11-5-2-1-3-6-11/h1-3,5-6,8-9,13H,4,7,10H2. The van der Waals surface area contributed by atoms with Gasteiger partial charge in [0.05, 0.1) is 6.04 Å². The molecule has 1 fully saturated rings. The van der Waals surface area contributed by atoms with Crippen LogP contribution in [0.25, 0.3) is 0 Å². The third-order valence-corrected chi connectivity index (χ3v) is 3.75. The van der Waals surface area contributed by atoms with Gasteiger partial charge in [-0.2, -0.15) is 0 Å². The Labute approximate surface area is 122 Å². The molecule has 1 aliphatic rings. The Hall–Kier alpha value is -1.94. The molecule has 1 saturated heterocycles. The summed E-state index contributed by atoms with van der Waals surface area (Å²) in [4.78, 5) is 14.4. The number of carbonyl (C=O) groups excluding carboxylic acids is 1. The van der Waals surface area contributed by atoms with Crippen LogP contribution in [0.4, 0.5) is 0 Å². The molecule has 0 saturated carbocycles. The predicted molar refractivity (Wildman–Crippen MR) is 76.5 cm³/mol. The zero-order chi connectivity index (χ0) is 13.9. The van der Waals surface area contributed by atoms with Gasteiger partial charge in [0.25, 0.3) is 5.91 Å². The molecule has 0 spiro atoms. The van der Waals surface area contributed by atoms with Crippen molar-refractivity contribution in [1.29, 1.82) is 0 Å². The first-order chi connectivity index (χ1) is 9.75. The number of carbonyl (C=O) groups is 1. The van der Waals surface area contributed by atoms with Crippen molar-refractivity contribution in [1.82, 2.24) is 15.1 Å². The van der Waals surface area contributed by atoms with E-state index in [1.807, 2.05) is 23.1 Å². The maximum Gasteiger partial charge on any atom is 0.274 e. The van der Waals surface area contributed by atoms with E-state index in [-0.39, 0.29) is 11.9 Å². The molecule has 1 aromatic heterocycles. The third-order valence-electron chi connectivity index (χ3n) is 3.55. The molecule has 4 nitrogen and oxygen atoms in total. The van der Waals surface area contributed by atoms with Crippen LogP contribution in [0, 0.1) is 0 Å². The van der Waals surface area contributed by atoms with Crippen molar-refractivity contribution in [2.75, 3.05) is 6.54 Å². The zero-order valence-corrected chi connectivity index (χ0v) is 11.6. The minimum absolute atomic E-state index is 0.0829. The molecule has 5 heteroatoms. The van der Waals surface area contributed by atoms with E-state index in [1.165, 1.54) is 5.56 Å². The first-order valence-electron chi connectivity index (χ1n) is 6.61. The summed E-state index contributed by atoms with van der Waals surface area (Å²) >= 11 is 5.70. The number of nitrogens with zero attached hydrogens (tertiary/aromatic N) is 3. The zero-order valence-electron chi connectivity index (χ0n) is 10.9. The number of amides is 1. The number of hydrogen-bond acceptors (Lipinski definition) is 3. The molecule has 3 rings (SSSR count). The fourth-order valence-corrected chi connectivity index (χ4v) is 2.71. The Morgan fingerprint density at radius 2 is 1.95 bits per heavy atom. The van der Waals surface area contributed by atoms with Crippen molar-refractivity contribution in [3.05, 3.63) is 58.9 Å². The molecule has 1 aliphatic heterocycles. The van der Waals surface area contributed by atoms with Crippen LogP contribution >= 0.6 is 11.6 Å². The fraction of sp³-hybridized carbons (Fsp3) is 0.267. The second-order valence-electron chi connectivity index (χ2n) is 4.81. The second kappa shape index (κ2) is 5.59. The smallest absolute Gasteiger partial charge is 0.274 e. The van der Waals surface area contributed by atoms with Crippen LogP contribution in [-0.4, -0.2) is 27.5 Å². The summed E-state index contributed by atoms with van der Waals surface area (Å²) in [6, 6.07) is 13.4. The van der Waals surface area contributed by atoms with Crippen LogP contribution in [0.1, 0.15) is 34.9 Å². The summed E-state index contributed by atoms with van der Waals surface area (Å²) in [5.74, 6) is -0.0829. The SMILES string of the molecule is O=C(c1ccc(Cl)nn1)N1CCCC1c1ccccc1. The van der Waals surface area contributed by atoms with E-state index in [0.717, 1.165) is 19.4 Å². The monoisotopic (exact) mass is 287 g/mol. The maximum atomic E-state index is 12.5. The number of halogens is 1. The van der Waals surface area contributed by atoms with Gasteiger partial charge in [0.15, 0.2) is 10.8 Å². The predicted octanol–water partition coefficient (Wildman–Crippen LogP) is 3.11. The van der Waals surface area contributed by atoms with Gasteiger partial charge in [-0.25, -0.2) is 0 Å². The number of likely N-dealkylation sites (tertiary alicyclic amines) is 1. The highest BCUT2D eigenvalue weighted by molar-refractivity contribution is 6.29. The minimum Gasteiger partial charge on any atom is -0.330 e. The van der Waals surface area contributed by atoms with Gasteiger partial charge in [-0.3, -0.25) is 4.79 Å². The van der Waals surface area contributed by atoms with E-state index in [0.29, 0.717) is 10.8 Å². The van der Waals surface area contributed by atoms with Crippen molar-refractivity contribution in [2.45, 2.75) is 18.9 Å². The van der Waals surface area contributed by atoms with Gasteiger partial charge in [-0.1, -0.05) is 41.9 Å². The summed E-state index contributed by atoms with van der Waals surface area (Å²) in [5, 5.41) is 7.91. The molecule has 2 aromatic rings. The Morgan fingerprint density at radius 1 is 1.15 bits per heavy atom. The maximum absolute atomic E-state index is 12.5. The highest BCUT2D eigenvalue weighted by Crippen LogP contribution is 2.32. The molecule has 0 radical (unpaired) electrons. The number of aromatic nitrogens is 2. The van der Waals surface area contributed by atoms with E-state index in [4.69, 9.17) is 11.6 Å². The summed E-state index contributed by atoms with van der Waals surface area (Å²) in [6.45, 7) is 0.753. The minimum atomic E-state index is -0.0829. The highest BCUT2D eigenvalue weighted by atomic mass is 35.5. The molecule has 1 aromatic carbocycles. The first kappa shape index (κ1) is 13.1. The number of benzene rings is 1. The molecule has 0 N–H and O–H groups in total. The lowest BCUT2D eigenvalue weighted by atomic mass is 10.0. The Kier molecular flexibility index (Phi) is 3.65. The van der Waals surface area contributed by atoms with Gasteiger partial charge in [-0.15, -0.1) is 10.2 Å². The summed E-state index contributed by atoms with van der Waals surface area (Å²) in [6.07, 6.45) is 1.99. The lowest BCUT2D eigenvalue weighted by Crippen LogP contribution is -2.31. The molecule has 102 valence electrons. The Bertz CT molecular complexity index is 600. The van der Waals surface area contributed by atoms with Gasteiger partial charge >= 0.3 is 0 Å². The summed E-state index contributed by atoms with van der Waals surface area (Å²) < 4.78 is 0. The van der Waals surface area contributed by atoms with Gasteiger partial charge in [0.1, 0.15) is 0 Å². The average Bonchev–Trinajstić information content (AvgIpc) is 2.97. The fourth-order valence-electron chi connectivity index (χ4n) is 2.61. The lowest BCUT2D eigenvalue weighted by molar-refractivity contribution is 0.0728. The van der Waals surface area contributed by atoms with Crippen molar-refractivity contribution in [3.63, 3.8) is 0 Å². The van der Waals surface area contributed by atoms with Gasteiger partial charge in [-0.05, 0) is 30.5 Å². The van der Waals surface area contributed by atoms with E-state index in [9.17, 15) is 4.79 Å². The Balaban J connectivity index is 1.85. The Morgan fingerprint density at radius 3 is 2.65 bits per heavy atom. The van der Waals surface area contributed by atoms with Crippen molar-refractivity contribution < 1.29 is 4.79 Å². The third kappa shape index (κ3) is 2.51. The van der Waals surface area contributed by atoms with E-state index < -0.39 is 0 Å². The molecular formula is C15H14ClN3O. The normalized spacial score (nSPS) is 18.2. The quantitative estimate of drug-likeness (QED) is 0.852. The topological polar surface area (TPSA) is 46.1 Å². The number of hydrogen-bond donors (Lipinski definition) is 0. The van der Waals surface area contributed by atoms with Crippen LogP contribution in [-0.2, 0) is 0 Å². The molecule has 0 bridgehead atoms. The molecule has 20 heavy (non-hydrogen) atoms. The molecule has 1 atom stereocenters. The van der Waals surface area contributed by atoms with E-state index in [1.54, 1.807) is 12.1 Å². The lowest BCUT2D eigenvalue weighted by Gasteiger charge is -2.24. The largest absolute Gasteiger partial charge is 0.330 e. The van der Waals surface area contributed by atoms with Crippen LogP contribution < -0.4 is 0 Å². The molecule has 0 aliphatic carbocycles. The highest BCUT2D eigenvalue weighted by Gasteiger charge is 2.31. The van der Waals surface area contributed by atoms with E-state index >= 15 is 0 Å². The van der Waals surface area contributed by atoms with Crippen molar-refractivity contribution in [3.8, 4) is 0 Å². The van der Waals surface area contributed by atoms with Crippen LogP contribution in [0.2, 0.25) is 5.15 Å². The van der Waals surface area contributed by atoms with E-state index in [2.05, 4.69) is 22.3 Å². The van der Waals surface area contributed by atoms with Crippen molar-refractivity contribution >= 4 is 17.5 Å². The van der Waals surface area contributed by atoms with Crippen molar-refractivity contribution in [2.24, 2.45) is 0 Å². The molecule has 2 heterocycles. The average molecular weight is 288 g/mol. The molecule has 1 amide bonds.